The summed E-state index contributed by atoms with van der Waals surface area (Å²) in [7, 11) is 3.03. The second-order valence-electron chi connectivity index (χ2n) is 4.66. The lowest BCUT2D eigenvalue weighted by molar-refractivity contribution is 0.112. The number of carbonyl (C=O) groups is 1. The van der Waals surface area contributed by atoms with Crippen molar-refractivity contribution in [1.29, 1.82) is 0 Å². The van der Waals surface area contributed by atoms with Crippen molar-refractivity contribution in [2.45, 2.75) is 18.9 Å². The Kier molecular flexibility index (Phi) is 5.52. The third-order valence-electron chi connectivity index (χ3n) is 3.24. The maximum Gasteiger partial charge on any atom is 0.319 e. The maximum absolute atomic E-state index is 11.9. The number of halogens is 1. The number of methoxy groups -OCH3 is 2. The number of urea groups is 1. The molecule has 1 heterocycles. The Morgan fingerprint density at radius 2 is 2.14 bits per heavy atom. The highest BCUT2D eigenvalue weighted by molar-refractivity contribution is 6.32. The zero-order chi connectivity index (χ0) is 15.2. The number of nitrogens with one attached hydrogen (secondary N) is 2. The Hall–Kier alpha value is -1.66. The average molecular weight is 315 g/mol. The lowest BCUT2D eigenvalue weighted by Crippen LogP contribution is -2.35. The van der Waals surface area contributed by atoms with Crippen LogP contribution in [-0.4, -0.2) is 39.5 Å². The topological polar surface area (TPSA) is 68.8 Å². The molecule has 1 aromatic carbocycles. The summed E-state index contributed by atoms with van der Waals surface area (Å²) in [6, 6.07) is 2.88. The second-order valence-corrected chi connectivity index (χ2v) is 5.06. The molecule has 1 atom stereocenters. The maximum atomic E-state index is 11.9. The van der Waals surface area contributed by atoms with Crippen LogP contribution in [0.5, 0.6) is 11.5 Å². The van der Waals surface area contributed by atoms with E-state index in [-0.39, 0.29) is 12.1 Å². The molecule has 0 aliphatic carbocycles. The molecule has 6 nitrogen and oxygen atoms in total. The van der Waals surface area contributed by atoms with Gasteiger partial charge < -0.3 is 24.8 Å². The lowest BCUT2D eigenvalue weighted by atomic mass is 10.2. The summed E-state index contributed by atoms with van der Waals surface area (Å²) in [5.74, 6) is 0.961. The minimum atomic E-state index is -0.329. The van der Waals surface area contributed by atoms with Gasteiger partial charge in [0.1, 0.15) is 11.5 Å². The molecule has 0 bridgehead atoms. The van der Waals surface area contributed by atoms with Gasteiger partial charge in [0.2, 0.25) is 0 Å². The smallest absolute Gasteiger partial charge is 0.319 e. The number of hydrogen-bond acceptors (Lipinski definition) is 4. The Balaban J connectivity index is 1.97. The van der Waals surface area contributed by atoms with Crippen molar-refractivity contribution in [2.75, 3.05) is 32.7 Å². The average Bonchev–Trinajstić information content (AvgIpc) is 2.99. The molecule has 7 heteroatoms. The van der Waals surface area contributed by atoms with Gasteiger partial charge in [-0.2, -0.15) is 0 Å². The monoisotopic (exact) mass is 314 g/mol. The molecular formula is C14H19ClN2O4. The van der Waals surface area contributed by atoms with E-state index < -0.39 is 0 Å². The van der Waals surface area contributed by atoms with Crippen LogP contribution in [0.15, 0.2) is 12.1 Å². The SMILES string of the molecule is COc1cc(OC)c(NC(=O)NCC2CCCO2)cc1Cl. The molecule has 2 N–H and O–H groups in total. The van der Waals surface area contributed by atoms with Crippen LogP contribution in [0.1, 0.15) is 12.8 Å². The van der Waals surface area contributed by atoms with Crippen LogP contribution in [0, 0.1) is 0 Å². The first-order valence-corrected chi connectivity index (χ1v) is 7.09. The molecule has 0 spiro atoms. The van der Waals surface area contributed by atoms with E-state index in [1.807, 2.05) is 0 Å². The predicted molar refractivity (Wildman–Crippen MR) is 80.6 cm³/mol. The third-order valence-corrected chi connectivity index (χ3v) is 3.53. The molecule has 2 rings (SSSR count). The Morgan fingerprint density at radius 3 is 2.76 bits per heavy atom. The van der Waals surface area contributed by atoms with E-state index in [0.29, 0.717) is 28.8 Å². The summed E-state index contributed by atoms with van der Waals surface area (Å²) < 4.78 is 15.8. The highest BCUT2D eigenvalue weighted by atomic mass is 35.5. The van der Waals surface area contributed by atoms with Crippen molar-refractivity contribution in [1.82, 2.24) is 5.32 Å². The molecule has 21 heavy (non-hydrogen) atoms. The van der Waals surface area contributed by atoms with E-state index in [2.05, 4.69) is 10.6 Å². The zero-order valence-electron chi connectivity index (χ0n) is 12.1. The first kappa shape index (κ1) is 15.7. The minimum absolute atomic E-state index is 0.0945. The number of benzene rings is 1. The number of rotatable bonds is 5. The molecule has 1 aliphatic heterocycles. The van der Waals surface area contributed by atoms with Crippen molar-refractivity contribution < 1.29 is 19.0 Å². The van der Waals surface area contributed by atoms with Crippen molar-refractivity contribution in [2.24, 2.45) is 0 Å². The van der Waals surface area contributed by atoms with Gasteiger partial charge in [-0.1, -0.05) is 11.6 Å². The first-order valence-electron chi connectivity index (χ1n) is 6.72. The summed E-state index contributed by atoms with van der Waals surface area (Å²) in [5.41, 5.74) is 0.480. The van der Waals surface area contributed by atoms with Gasteiger partial charge in [0.15, 0.2) is 0 Å². The number of amides is 2. The standard InChI is InChI=1S/C14H19ClN2O4/c1-19-12-7-13(20-2)11(6-10(12)15)17-14(18)16-8-9-4-3-5-21-9/h6-7,9H,3-5,8H2,1-2H3,(H2,16,17,18). The van der Waals surface area contributed by atoms with Gasteiger partial charge in [-0.15, -0.1) is 0 Å². The fraction of sp³-hybridized carbons (Fsp3) is 0.500. The van der Waals surface area contributed by atoms with E-state index in [1.54, 1.807) is 12.1 Å². The van der Waals surface area contributed by atoms with Gasteiger partial charge in [0.25, 0.3) is 0 Å². The van der Waals surface area contributed by atoms with Gasteiger partial charge in [0.05, 0.1) is 31.0 Å². The van der Waals surface area contributed by atoms with E-state index >= 15 is 0 Å². The van der Waals surface area contributed by atoms with Gasteiger partial charge in [-0.05, 0) is 18.9 Å². The van der Waals surface area contributed by atoms with Crippen LogP contribution < -0.4 is 20.1 Å². The van der Waals surface area contributed by atoms with E-state index in [0.717, 1.165) is 19.4 Å². The molecule has 0 saturated carbocycles. The van der Waals surface area contributed by atoms with Crippen molar-refractivity contribution in [3.8, 4) is 11.5 Å². The largest absolute Gasteiger partial charge is 0.495 e. The summed E-state index contributed by atoms with van der Waals surface area (Å²) in [6.07, 6.45) is 2.10. The second kappa shape index (κ2) is 7.38. The number of ether oxygens (including phenoxy) is 3. The normalized spacial score (nSPS) is 17.4. The Bertz CT molecular complexity index is 504. The molecule has 116 valence electrons. The summed E-state index contributed by atoms with van der Waals surface area (Å²) in [4.78, 5) is 11.9. The fourth-order valence-electron chi connectivity index (χ4n) is 2.14. The minimum Gasteiger partial charge on any atom is -0.495 e. The molecule has 1 aliphatic rings. The van der Waals surface area contributed by atoms with E-state index in [1.165, 1.54) is 14.2 Å². The third kappa shape index (κ3) is 4.15. The quantitative estimate of drug-likeness (QED) is 0.876. The number of carbonyl (C=O) groups excluding carboxylic acids is 1. The van der Waals surface area contributed by atoms with Crippen molar-refractivity contribution in [3.63, 3.8) is 0 Å². The van der Waals surface area contributed by atoms with Gasteiger partial charge >= 0.3 is 6.03 Å². The van der Waals surface area contributed by atoms with Gasteiger partial charge in [-0.3, -0.25) is 0 Å². The molecule has 2 amide bonds. The van der Waals surface area contributed by atoms with E-state index in [4.69, 9.17) is 25.8 Å². The van der Waals surface area contributed by atoms with Crippen LogP contribution in [0.2, 0.25) is 5.02 Å². The van der Waals surface area contributed by atoms with Gasteiger partial charge in [0, 0.05) is 19.2 Å². The van der Waals surface area contributed by atoms with Crippen molar-refractivity contribution >= 4 is 23.3 Å². The molecule has 1 saturated heterocycles. The van der Waals surface area contributed by atoms with Gasteiger partial charge in [-0.25, -0.2) is 4.79 Å². The molecule has 0 radical (unpaired) electrons. The Labute approximate surface area is 128 Å². The highest BCUT2D eigenvalue weighted by Gasteiger charge is 2.17. The van der Waals surface area contributed by atoms with Crippen LogP contribution in [0.25, 0.3) is 0 Å². The van der Waals surface area contributed by atoms with Crippen LogP contribution >= 0.6 is 11.6 Å². The molecule has 1 aromatic rings. The fourth-order valence-corrected chi connectivity index (χ4v) is 2.38. The van der Waals surface area contributed by atoms with Crippen molar-refractivity contribution in [3.05, 3.63) is 17.2 Å². The van der Waals surface area contributed by atoms with Crippen LogP contribution in [0.3, 0.4) is 0 Å². The summed E-state index contributed by atoms with van der Waals surface area (Å²) >= 11 is 6.05. The predicted octanol–water partition coefficient (Wildman–Crippen LogP) is 2.66. The molecule has 1 fully saturated rings. The lowest BCUT2D eigenvalue weighted by Gasteiger charge is -2.15. The summed E-state index contributed by atoms with van der Waals surface area (Å²) in [5, 5.41) is 5.87. The summed E-state index contributed by atoms with van der Waals surface area (Å²) in [6.45, 7) is 1.24. The zero-order valence-corrected chi connectivity index (χ0v) is 12.8. The van der Waals surface area contributed by atoms with Crippen LogP contribution in [0.4, 0.5) is 10.5 Å². The molecule has 0 aromatic heterocycles. The van der Waals surface area contributed by atoms with Crippen LogP contribution in [-0.2, 0) is 4.74 Å². The molecule has 1 unspecified atom stereocenters. The first-order chi connectivity index (χ1) is 10.1. The number of hydrogen-bond donors (Lipinski definition) is 2. The highest BCUT2D eigenvalue weighted by Crippen LogP contribution is 2.35. The molecular weight excluding hydrogens is 296 g/mol. The Morgan fingerprint density at radius 1 is 1.38 bits per heavy atom. The van der Waals surface area contributed by atoms with E-state index in [9.17, 15) is 4.79 Å². The number of anilines is 1.